The van der Waals surface area contributed by atoms with Gasteiger partial charge in [-0.15, -0.1) is 0 Å². The molecule has 0 aliphatic heterocycles. The number of fused-ring (bicyclic) bond motifs is 1. The van der Waals surface area contributed by atoms with E-state index in [2.05, 4.69) is 26.3 Å². The molecule has 222 valence electrons. The molecule has 41 heavy (non-hydrogen) atoms. The molecule has 4 N–H and O–H groups in total. The maximum Gasteiger partial charge on any atom is 0.255 e. The van der Waals surface area contributed by atoms with Gasteiger partial charge in [0.05, 0.1) is 38.9 Å². The first-order chi connectivity index (χ1) is 19.1. The summed E-state index contributed by atoms with van der Waals surface area (Å²) in [6, 6.07) is 5.49. The molecule has 1 aliphatic rings. The van der Waals surface area contributed by atoms with Crippen molar-refractivity contribution >= 4 is 63.4 Å². The van der Waals surface area contributed by atoms with Crippen molar-refractivity contribution in [3.8, 4) is 0 Å². The van der Waals surface area contributed by atoms with Crippen molar-refractivity contribution in [2.75, 3.05) is 17.2 Å². The minimum atomic E-state index is -2.84. The lowest BCUT2D eigenvalue weighted by Gasteiger charge is -2.35. The van der Waals surface area contributed by atoms with Gasteiger partial charge < -0.3 is 25.8 Å². The number of rotatable bonds is 9. The lowest BCUT2D eigenvalue weighted by Crippen LogP contribution is -2.50. The number of nitrogens with zero attached hydrogens (tertiary/aromatic N) is 2. The summed E-state index contributed by atoms with van der Waals surface area (Å²) >= 11 is 13.1. The van der Waals surface area contributed by atoms with Crippen LogP contribution in [0.4, 0.5) is 34.9 Å². The number of halogens is 6. The Morgan fingerprint density at radius 1 is 1.17 bits per heavy atom. The highest BCUT2D eigenvalue weighted by Gasteiger charge is 2.46. The van der Waals surface area contributed by atoms with Crippen molar-refractivity contribution in [2.45, 2.75) is 58.5 Å². The minimum absolute atomic E-state index is 0.00864. The number of hydrogen-bond acceptors (Lipinski definition) is 5. The van der Waals surface area contributed by atoms with Crippen LogP contribution in [0.3, 0.4) is 0 Å². The van der Waals surface area contributed by atoms with Crippen molar-refractivity contribution in [2.24, 2.45) is 12.5 Å². The highest BCUT2D eigenvalue weighted by Crippen LogP contribution is 2.39. The van der Waals surface area contributed by atoms with Gasteiger partial charge in [-0.05, 0) is 23.8 Å². The average molecular weight is 617 g/mol. The van der Waals surface area contributed by atoms with E-state index in [1.807, 2.05) is 0 Å². The summed E-state index contributed by atoms with van der Waals surface area (Å²) in [5, 5.41) is 11.6. The summed E-state index contributed by atoms with van der Waals surface area (Å²) in [4.78, 5) is 29.8. The van der Waals surface area contributed by atoms with Crippen molar-refractivity contribution < 1.29 is 27.2 Å². The van der Waals surface area contributed by atoms with Gasteiger partial charge in [-0.3, -0.25) is 9.59 Å². The summed E-state index contributed by atoms with van der Waals surface area (Å²) in [6.07, 6.45) is -3.67. The highest BCUT2D eigenvalue weighted by molar-refractivity contribution is 6.39. The lowest BCUT2D eigenvalue weighted by atomic mass is 9.88. The first kappa shape index (κ1) is 30.7. The number of nitrogens with one attached hydrogen (secondary N) is 4. The van der Waals surface area contributed by atoms with Crippen molar-refractivity contribution in [3.05, 3.63) is 45.4 Å². The molecule has 8 nitrogen and oxygen atoms in total. The third-order valence-electron chi connectivity index (χ3n) is 6.67. The number of alkyl halides is 4. The normalized spacial score (nSPS) is 15.1. The number of benzene rings is 2. The van der Waals surface area contributed by atoms with Gasteiger partial charge in [-0.2, -0.15) is 0 Å². The molecule has 0 saturated heterocycles. The van der Waals surface area contributed by atoms with E-state index in [1.54, 1.807) is 44.5 Å². The number of anilines is 3. The molecular weight excluding hydrogens is 587 g/mol. The maximum absolute atomic E-state index is 13.3. The molecule has 2 aromatic carbocycles. The van der Waals surface area contributed by atoms with Gasteiger partial charge >= 0.3 is 0 Å². The van der Waals surface area contributed by atoms with E-state index in [0.717, 1.165) is 0 Å². The van der Waals surface area contributed by atoms with E-state index in [-0.39, 0.29) is 39.7 Å². The summed E-state index contributed by atoms with van der Waals surface area (Å²) in [5.74, 6) is -3.40. The average Bonchev–Trinajstić information content (AvgIpc) is 3.16. The van der Waals surface area contributed by atoms with Crippen LogP contribution < -0.4 is 21.3 Å². The number of aromatic nitrogens is 2. The Kier molecular flexibility index (Phi) is 8.65. The SMILES string of the molecule is Cn1c(Nc2c(Cl)ccc(CNC(=O)C(C)(C)C)c2Cl)nc2cc(C(=O)NC3CC(F)(F)C3)c(NCC(F)F)cc21. The second kappa shape index (κ2) is 11.6. The third kappa shape index (κ3) is 6.98. The molecule has 0 radical (unpaired) electrons. The molecule has 1 fully saturated rings. The lowest BCUT2D eigenvalue weighted by molar-refractivity contribution is -0.128. The minimum Gasteiger partial charge on any atom is -0.379 e. The highest BCUT2D eigenvalue weighted by atomic mass is 35.5. The summed E-state index contributed by atoms with van der Waals surface area (Å²) in [6.45, 7) is 4.81. The molecule has 14 heteroatoms. The number of carbonyl (C=O) groups is 2. The van der Waals surface area contributed by atoms with E-state index >= 15 is 0 Å². The molecule has 2 amide bonds. The van der Waals surface area contributed by atoms with Gasteiger partial charge in [0.2, 0.25) is 11.9 Å². The number of hydrogen-bond donors (Lipinski definition) is 4. The fraction of sp³-hybridized carbons (Fsp3) is 0.444. The van der Waals surface area contributed by atoms with E-state index < -0.39 is 49.1 Å². The molecule has 1 aliphatic carbocycles. The van der Waals surface area contributed by atoms with E-state index in [0.29, 0.717) is 22.3 Å². The van der Waals surface area contributed by atoms with Gasteiger partial charge in [-0.25, -0.2) is 22.5 Å². The Morgan fingerprint density at radius 3 is 2.46 bits per heavy atom. The zero-order valence-electron chi connectivity index (χ0n) is 22.8. The van der Waals surface area contributed by atoms with Crippen LogP contribution in [0.25, 0.3) is 11.0 Å². The van der Waals surface area contributed by atoms with Crippen molar-refractivity contribution in [3.63, 3.8) is 0 Å². The summed E-state index contributed by atoms with van der Waals surface area (Å²) in [5.41, 5.74) is 1.26. The van der Waals surface area contributed by atoms with Gasteiger partial charge in [0.25, 0.3) is 18.3 Å². The quantitative estimate of drug-likeness (QED) is 0.206. The molecule has 0 atom stereocenters. The molecule has 4 rings (SSSR count). The predicted molar refractivity (Wildman–Crippen MR) is 152 cm³/mol. The van der Waals surface area contributed by atoms with Crippen LogP contribution in [0, 0.1) is 5.41 Å². The Bertz CT molecular complexity index is 1480. The maximum atomic E-state index is 13.3. The van der Waals surface area contributed by atoms with E-state index in [9.17, 15) is 27.2 Å². The predicted octanol–water partition coefficient (Wildman–Crippen LogP) is 6.49. The van der Waals surface area contributed by atoms with Gasteiger partial charge in [0, 0.05) is 43.6 Å². The van der Waals surface area contributed by atoms with Crippen LogP contribution in [0.5, 0.6) is 0 Å². The standard InChI is InChI=1S/C27H30Cl2F4N6O2/c1-26(2,3)24(41)35-11-13-5-6-16(28)22(21(13)29)38-25-37-18-7-15(23(40)36-14-9-27(32,33)10-14)17(34-12-20(30)31)8-19(18)39(25)4/h5-8,14,20,34H,9-12H2,1-4H3,(H,35,41)(H,36,40)(H,37,38). The molecule has 1 heterocycles. The van der Waals surface area contributed by atoms with Gasteiger partial charge in [0.1, 0.15) is 0 Å². The van der Waals surface area contributed by atoms with E-state index in [4.69, 9.17) is 23.2 Å². The van der Waals surface area contributed by atoms with Gasteiger partial charge in [-0.1, -0.05) is 50.0 Å². The molecule has 0 bridgehead atoms. The monoisotopic (exact) mass is 616 g/mol. The fourth-order valence-electron chi connectivity index (χ4n) is 4.30. The third-order valence-corrected chi connectivity index (χ3v) is 7.41. The van der Waals surface area contributed by atoms with Crippen LogP contribution in [0.1, 0.15) is 49.5 Å². The van der Waals surface area contributed by atoms with E-state index in [1.165, 1.54) is 12.1 Å². The fourth-order valence-corrected chi connectivity index (χ4v) is 4.83. The molecular formula is C27H30Cl2F4N6O2. The Balaban J connectivity index is 1.64. The van der Waals surface area contributed by atoms with Crippen molar-refractivity contribution in [1.29, 1.82) is 0 Å². The number of amides is 2. The second-order valence-electron chi connectivity index (χ2n) is 11.0. The zero-order valence-corrected chi connectivity index (χ0v) is 24.3. The zero-order chi connectivity index (χ0) is 30.3. The first-order valence-corrected chi connectivity index (χ1v) is 13.5. The smallest absolute Gasteiger partial charge is 0.255 e. The summed E-state index contributed by atoms with van der Waals surface area (Å²) < 4.78 is 54.1. The van der Waals surface area contributed by atoms with Crippen LogP contribution in [0.15, 0.2) is 24.3 Å². The Hall–Kier alpha value is -3.25. The van der Waals surface area contributed by atoms with Crippen LogP contribution in [-0.2, 0) is 18.4 Å². The number of carbonyl (C=O) groups excluding carboxylic acids is 2. The van der Waals surface area contributed by atoms with Gasteiger partial charge in [0.15, 0.2) is 0 Å². The van der Waals surface area contributed by atoms with Crippen LogP contribution in [-0.4, -0.2) is 46.3 Å². The molecule has 0 spiro atoms. The molecule has 1 saturated carbocycles. The topological polar surface area (TPSA) is 100 Å². The molecule has 3 aromatic rings. The summed E-state index contributed by atoms with van der Waals surface area (Å²) in [7, 11) is 1.67. The molecule has 0 unspecified atom stereocenters. The van der Waals surface area contributed by atoms with Crippen molar-refractivity contribution in [1.82, 2.24) is 20.2 Å². The number of imidazole rings is 1. The molecule has 1 aromatic heterocycles. The Labute approximate surface area is 244 Å². The van der Waals surface area contributed by atoms with Crippen LogP contribution >= 0.6 is 23.2 Å². The largest absolute Gasteiger partial charge is 0.379 e. The first-order valence-electron chi connectivity index (χ1n) is 12.8. The number of aryl methyl sites for hydroxylation is 1. The second-order valence-corrected chi connectivity index (χ2v) is 11.8. The van der Waals surface area contributed by atoms with Crippen LogP contribution in [0.2, 0.25) is 10.0 Å². The Morgan fingerprint density at radius 2 is 1.85 bits per heavy atom.